The zero-order valence-corrected chi connectivity index (χ0v) is 10.2. The summed E-state index contributed by atoms with van der Waals surface area (Å²) >= 11 is 0. The number of benzene rings is 3. The van der Waals surface area contributed by atoms with Crippen molar-refractivity contribution in [1.82, 2.24) is 0 Å². The Morgan fingerprint density at radius 2 is 0.500 bits per heavy atom. The third kappa shape index (κ3) is 3.91. The van der Waals surface area contributed by atoms with E-state index < -0.39 is 0 Å². The van der Waals surface area contributed by atoms with Gasteiger partial charge in [-0.3, -0.25) is 0 Å². The van der Waals surface area contributed by atoms with Gasteiger partial charge in [-0.1, -0.05) is 97.1 Å². The lowest BCUT2D eigenvalue weighted by molar-refractivity contribution is 1.62. The Morgan fingerprint density at radius 3 is 0.778 bits per heavy atom. The predicted octanol–water partition coefficient (Wildman–Crippen LogP) is 5.04. The number of rotatable bonds is 1. The fraction of sp³-hybridized carbons (Fsp3) is 0. The van der Waals surface area contributed by atoms with Crippen molar-refractivity contribution < 1.29 is 0 Å². The second kappa shape index (κ2) is 7.08. The monoisotopic (exact) mass is 232 g/mol. The largest absolute Gasteiger partial charge is 0.0623 e. The molecule has 0 aliphatic carbocycles. The Hall–Kier alpha value is -2.34. The van der Waals surface area contributed by atoms with Gasteiger partial charge in [-0.2, -0.15) is 0 Å². The quantitative estimate of drug-likeness (QED) is 0.551. The van der Waals surface area contributed by atoms with Crippen molar-refractivity contribution in [2.24, 2.45) is 0 Å². The van der Waals surface area contributed by atoms with Crippen LogP contribution in [0.3, 0.4) is 0 Å². The smallest absolute Gasteiger partial charge is 0.0184 e. The average molecular weight is 232 g/mol. The fourth-order valence-corrected chi connectivity index (χ4v) is 1.65. The summed E-state index contributed by atoms with van der Waals surface area (Å²) in [5.74, 6) is 0. The number of hydrogen-bond acceptors (Lipinski definition) is 0. The van der Waals surface area contributed by atoms with E-state index in [0.717, 1.165) is 0 Å². The molecule has 0 aliphatic heterocycles. The Balaban J connectivity index is 0.000000169. The van der Waals surface area contributed by atoms with Crippen molar-refractivity contribution in [1.29, 1.82) is 0 Å². The van der Waals surface area contributed by atoms with Crippen LogP contribution >= 0.6 is 0 Å². The lowest BCUT2D eigenvalue weighted by atomic mass is 10.1. The summed E-state index contributed by atoms with van der Waals surface area (Å²) in [6.07, 6.45) is 0. The van der Waals surface area contributed by atoms with Crippen LogP contribution in [0.4, 0.5) is 0 Å². The average Bonchev–Trinajstić information content (AvgIpc) is 2.51. The maximum atomic E-state index is 2.12. The number of hydrogen-bond donors (Lipinski definition) is 0. The first-order valence-electron chi connectivity index (χ1n) is 6.07. The third-order valence-corrected chi connectivity index (χ3v) is 2.55. The molecule has 0 bridgehead atoms. The first-order valence-corrected chi connectivity index (χ1v) is 6.07. The van der Waals surface area contributed by atoms with E-state index in [9.17, 15) is 0 Å². The predicted molar refractivity (Wildman–Crippen MR) is 78.3 cm³/mol. The van der Waals surface area contributed by atoms with Gasteiger partial charge in [-0.25, -0.2) is 0 Å². The summed E-state index contributed by atoms with van der Waals surface area (Å²) in [6, 6.07) is 32.8. The van der Waals surface area contributed by atoms with Gasteiger partial charge >= 0.3 is 0 Å². The molecule has 0 radical (unpaired) electrons. The molecule has 0 unspecified atom stereocenters. The lowest BCUT2D eigenvalue weighted by Crippen LogP contribution is -1.73. The highest BCUT2D eigenvalue weighted by Crippen LogP contribution is 2.17. The van der Waals surface area contributed by atoms with Gasteiger partial charge in [-0.15, -0.1) is 0 Å². The summed E-state index contributed by atoms with van der Waals surface area (Å²) < 4.78 is 0. The molecule has 88 valence electrons. The molecule has 0 spiro atoms. The van der Waals surface area contributed by atoms with Crippen molar-refractivity contribution in [3.8, 4) is 11.1 Å². The molecule has 0 saturated carbocycles. The van der Waals surface area contributed by atoms with Crippen LogP contribution in [-0.4, -0.2) is 0 Å². The van der Waals surface area contributed by atoms with E-state index in [2.05, 4.69) is 48.5 Å². The molecule has 0 atom stereocenters. The topological polar surface area (TPSA) is 0 Å². The van der Waals surface area contributed by atoms with Crippen LogP contribution in [-0.2, 0) is 0 Å². The minimum atomic E-state index is 1.28. The highest BCUT2D eigenvalue weighted by atomic mass is 14.0. The van der Waals surface area contributed by atoms with Crippen LogP contribution < -0.4 is 0 Å². The van der Waals surface area contributed by atoms with E-state index in [1.165, 1.54) is 11.1 Å². The summed E-state index contributed by atoms with van der Waals surface area (Å²) in [5.41, 5.74) is 2.55. The molecular formula is C18H16. The maximum Gasteiger partial charge on any atom is -0.0184 e. The Bertz CT molecular complexity index is 463. The van der Waals surface area contributed by atoms with Crippen LogP contribution in [0.15, 0.2) is 97.1 Å². The second-order valence-electron chi connectivity index (χ2n) is 3.89. The Morgan fingerprint density at radius 1 is 0.278 bits per heavy atom. The molecule has 18 heavy (non-hydrogen) atoms. The molecule has 0 amide bonds. The first kappa shape index (κ1) is 12.1. The molecule has 3 aromatic carbocycles. The van der Waals surface area contributed by atoms with Crippen molar-refractivity contribution in [2.75, 3.05) is 0 Å². The molecule has 0 heterocycles. The van der Waals surface area contributed by atoms with Gasteiger partial charge in [0.05, 0.1) is 0 Å². The first-order chi connectivity index (χ1) is 8.97. The lowest BCUT2D eigenvalue weighted by Gasteiger charge is -1.98. The molecule has 3 rings (SSSR count). The molecule has 0 aliphatic rings. The SMILES string of the molecule is c1ccc(-c2ccccc2)cc1.c1ccccc1. The highest BCUT2D eigenvalue weighted by Gasteiger charge is 1.91. The minimum absolute atomic E-state index is 1.28. The van der Waals surface area contributed by atoms with Gasteiger partial charge in [0, 0.05) is 0 Å². The minimum Gasteiger partial charge on any atom is -0.0623 e. The summed E-state index contributed by atoms with van der Waals surface area (Å²) in [6.45, 7) is 0. The van der Waals surface area contributed by atoms with Crippen LogP contribution in [0.5, 0.6) is 0 Å². The molecule has 0 N–H and O–H groups in total. The summed E-state index contributed by atoms with van der Waals surface area (Å²) in [4.78, 5) is 0. The molecular weight excluding hydrogens is 216 g/mol. The van der Waals surface area contributed by atoms with Gasteiger partial charge in [0.25, 0.3) is 0 Å². The Kier molecular flexibility index (Phi) is 4.77. The Labute approximate surface area is 109 Å². The van der Waals surface area contributed by atoms with Gasteiger partial charge in [0.15, 0.2) is 0 Å². The van der Waals surface area contributed by atoms with Crippen LogP contribution in [0.25, 0.3) is 11.1 Å². The molecule has 0 aromatic heterocycles. The standard InChI is InChI=1S/C12H10.C6H6/c1-3-7-11(8-4-1)12-9-5-2-6-10-12;1-2-4-6-5-3-1/h1-10H;1-6H. The fourth-order valence-electron chi connectivity index (χ4n) is 1.65. The molecule has 0 heteroatoms. The maximum absolute atomic E-state index is 2.12. The van der Waals surface area contributed by atoms with Crippen molar-refractivity contribution in [3.63, 3.8) is 0 Å². The summed E-state index contributed by atoms with van der Waals surface area (Å²) in [7, 11) is 0. The molecule has 0 fully saturated rings. The van der Waals surface area contributed by atoms with E-state index in [0.29, 0.717) is 0 Å². The third-order valence-electron chi connectivity index (χ3n) is 2.55. The van der Waals surface area contributed by atoms with Crippen molar-refractivity contribution in [2.45, 2.75) is 0 Å². The molecule has 3 aromatic rings. The normalized spacial score (nSPS) is 9.11. The van der Waals surface area contributed by atoms with Crippen LogP contribution in [0.1, 0.15) is 0 Å². The van der Waals surface area contributed by atoms with E-state index >= 15 is 0 Å². The van der Waals surface area contributed by atoms with E-state index in [1.807, 2.05) is 48.5 Å². The second-order valence-corrected chi connectivity index (χ2v) is 3.89. The zero-order valence-electron chi connectivity index (χ0n) is 10.2. The van der Waals surface area contributed by atoms with Crippen molar-refractivity contribution in [3.05, 3.63) is 97.1 Å². The van der Waals surface area contributed by atoms with Gasteiger partial charge in [0.1, 0.15) is 0 Å². The van der Waals surface area contributed by atoms with Gasteiger partial charge < -0.3 is 0 Å². The highest BCUT2D eigenvalue weighted by molar-refractivity contribution is 5.62. The van der Waals surface area contributed by atoms with Gasteiger partial charge in [0.2, 0.25) is 0 Å². The van der Waals surface area contributed by atoms with Crippen LogP contribution in [0, 0.1) is 0 Å². The van der Waals surface area contributed by atoms with E-state index in [1.54, 1.807) is 0 Å². The van der Waals surface area contributed by atoms with Crippen LogP contribution in [0.2, 0.25) is 0 Å². The summed E-state index contributed by atoms with van der Waals surface area (Å²) in [5, 5.41) is 0. The van der Waals surface area contributed by atoms with Crippen molar-refractivity contribution >= 4 is 0 Å². The molecule has 0 nitrogen and oxygen atoms in total. The zero-order chi connectivity index (χ0) is 12.5. The van der Waals surface area contributed by atoms with E-state index in [4.69, 9.17) is 0 Å². The molecule has 0 saturated heterocycles. The van der Waals surface area contributed by atoms with E-state index in [-0.39, 0.29) is 0 Å². The van der Waals surface area contributed by atoms with Gasteiger partial charge in [-0.05, 0) is 11.1 Å².